The molecule has 1 aromatic heterocycles. The summed E-state index contributed by atoms with van der Waals surface area (Å²) in [5, 5.41) is 12.4. The maximum Gasteiger partial charge on any atom is 0.305 e. The smallest absolute Gasteiger partial charge is 0.305 e. The van der Waals surface area contributed by atoms with Crippen molar-refractivity contribution >= 4 is 28.6 Å². The van der Waals surface area contributed by atoms with Gasteiger partial charge in [-0.05, 0) is 42.3 Å². The highest BCUT2D eigenvalue weighted by atomic mass is 16.4. The van der Waals surface area contributed by atoms with Gasteiger partial charge in [-0.3, -0.25) is 9.59 Å². The molecule has 4 aromatic rings. The van der Waals surface area contributed by atoms with E-state index < -0.39 is 12.0 Å². The largest absolute Gasteiger partial charge is 0.481 e. The Kier molecular flexibility index (Phi) is 5.30. The number of carboxylic acid groups (broad SMARTS) is 1. The van der Waals surface area contributed by atoms with E-state index >= 15 is 0 Å². The van der Waals surface area contributed by atoms with Crippen molar-refractivity contribution in [1.82, 2.24) is 9.55 Å². The minimum absolute atomic E-state index is 0.0741. The first-order valence-corrected chi connectivity index (χ1v) is 9.63. The topological polar surface area (TPSA) is 84.2 Å². The number of carboxylic acids is 1. The average Bonchev–Trinajstić information content (AvgIpc) is 3.16. The number of amides is 1. The molecule has 0 radical (unpaired) electrons. The number of rotatable bonds is 6. The molecule has 6 nitrogen and oxygen atoms in total. The number of benzene rings is 3. The van der Waals surface area contributed by atoms with E-state index in [9.17, 15) is 14.7 Å². The molecule has 1 atom stereocenters. The summed E-state index contributed by atoms with van der Waals surface area (Å²) in [7, 11) is 0. The Labute approximate surface area is 173 Å². The van der Waals surface area contributed by atoms with Gasteiger partial charge in [-0.15, -0.1) is 0 Å². The van der Waals surface area contributed by atoms with Gasteiger partial charge in [0, 0.05) is 11.3 Å². The Bertz CT molecular complexity index is 1210. The molecule has 0 spiro atoms. The normalized spacial score (nSPS) is 11.9. The highest BCUT2D eigenvalue weighted by Crippen LogP contribution is 2.28. The molecular formula is C24H21N3O3. The SMILES string of the molecule is Cc1ccccc1C(=O)Nc1ccc2ncn(C(CC(=O)O)c3ccccc3)c2c1. The van der Waals surface area contributed by atoms with Gasteiger partial charge in [0.05, 0.1) is 29.8 Å². The molecule has 30 heavy (non-hydrogen) atoms. The fraction of sp³-hybridized carbons (Fsp3) is 0.125. The van der Waals surface area contributed by atoms with E-state index in [-0.39, 0.29) is 12.3 Å². The Morgan fingerprint density at radius 3 is 2.50 bits per heavy atom. The van der Waals surface area contributed by atoms with Crippen molar-refractivity contribution in [1.29, 1.82) is 0 Å². The number of aryl methyl sites for hydroxylation is 1. The van der Waals surface area contributed by atoms with Crippen molar-refractivity contribution in [3.05, 3.63) is 95.8 Å². The van der Waals surface area contributed by atoms with Gasteiger partial charge in [-0.25, -0.2) is 4.98 Å². The summed E-state index contributed by atoms with van der Waals surface area (Å²) < 4.78 is 1.85. The third-order valence-corrected chi connectivity index (χ3v) is 5.11. The van der Waals surface area contributed by atoms with Crippen LogP contribution in [0, 0.1) is 6.92 Å². The zero-order chi connectivity index (χ0) is 21.1. The second-order valence-electron chi connectivity index (χ2n) is 7.15. The van der Waals surface area contributed by atoms with Crippen molar-refractivity contribution in [3.8, 4) is 0 Å². The van der Waals surface area contributed by atoms with Gasteiger partial charge in [0.15, 0.2) is 0 Å². The highest BCUT2D eigenvalue weighted by Gasteiger charge is 2.20. The van der Waals surface area contributed by atoms with Crippen LogP contribution in [0.5, 0.6) is 0 Å². The minimum atomic E-state index is -0.894. The lowest BCUT2D eigenvalue weighted by molar-refractivity contribution is -0.137. The second-order valence-corrected chi connectivity index (χ2v) is 7.15. The van der Waals surface area contributed by atoms with Crippen molar-refractivity contribution in [2.24, 2.45) is 0 Å². The van der Waals surface area contributed by atoms with Crippen LogP contribution in [0.4, 0.5) is 5.69 Å². The zero-order valence-electron chi connectivity index (χ0n) is 16.4. The molecule has 1 unspecified atom stereocenters. The molecule has 0 fully saturated rings. The molecule has 0 saturated heterocycles. The van der Waals surface area contributed by atoms with Gasteiger partial charge in [-0.2, -0.15) is 0 Å². The average molecular weight is 399 g/mol. The Morgan fingerprint density at radius 2 is 1.77 bits per heavy atom. The van der Waals surface area contributed by atoms with Crippen LogP contribution in [-0.4, -0.2) is 26.5 Å². The maximum atomic E-state index is 12.7. The van der Waals surface area contributed by atoms with Gasteiger partial charge >= 0.3 is 5.97 Å². The summed E-state index contributed by atoms with van der Waals surface area (Å²) in [6.07, 6.45) is 1.58. The van der Waals surface area contributed by atoms with Crippen LogP contribution in [0.15, 0.2) is 79.1 Å². The molecular weight excluding hydrogens is 378 g/mol. The van der Waals surface area contributed by atoms with Gasteiger partial charge < -0.3 is 15.0 Å². The van der Waals surface area contributed by atoms with Gasteiger partial charge in [0.2, 0.25) is 0 Å². The molecule has 1 heterocycles. The van der Waals surface area contributed by atoms with Gasteiger partial charge in [0.1, 0.15) is 0 Å². The summed E-state index contributed by atoms with van der Waals surface area (Å²) in [6.45, 7) is 1.89. The Morgan fingerprint density at radius 1 is 1.03 bits per heavy atom. The lowest BCUT2D eigenvalue weighted by atomic mass is 10.0. The number of nitrogens with zero attached hydrogens (tertiary/aromatic N) is 2. The lowest BCUT2D eigenvalue weighted by Gasteiger charge is -2.18. The van der Waals surface area contributed by atoms with Crippen molar-refractivity contribution in [2.45, 2.75) is 19.4 Å². The molecule has 6 heteroatoms. The van der Waals surface area contributed by atoms with E-state index in [2.05, 4.69) is 10.3 Å². The van der Waals surface area contributed by atoms with Crippen LogP contribution in [0.2, 0.25) is 0 Å². The molecule has 4 rings (SSSR count). The third kappa shape index (κ3) is 3.93. The van der Waals surface area contributed by atoms with Crippen molar-refractivity contribution in [2.75, 3.05) is 5.32 Å². The first-order valence-electron chi connectivity index (χ1n) is 9.63. The van der Waals surface area contributed by atoms with Gasteiger partial charge in [-0.1, -0.05) is 48.5 Å². The van der Waals surface area contributed by atoms with Crippen LogP contribution in [0.3, 0.4) is 0 Å². The quantitative estimate of drug-likeness (QED) is 0.494. The summed E-state index contributed by atoms with van der Waals surface area (Å²) in [6, 6.07) is 21.9. The van der Waals surface area contributed by atoms with Crippen molar-refractivity contribution in [3.63, 3.8) is 0 Å². The maximum absolute atomic E-state index is 12.7. The number of imidazole rings is 1. The Hall–Kier alpha value is -3.93. The summed E-state index contributed by atoms with van der Waals surface area (Å²) in [4.78, 5) is 28.6. The number of aromatic nitrogens is 2. The number of anilines is 1. The molecule has 0 aliphatic rings. The Balaban J connectivity index is 1.71. The molecule has 0 aliphatic heterocycles. The number of carbonyl (C=O) groups is 2. The van der Waals surface area contributed by atoms with Crippen LogP contribution in [0.25, 0.3) is 11.0 Å². The van der Waals surface area contributed by atoms with Gasteiger partial charge in [0.25, 0.3) is 5.91 Å². The van der Waals surface area contributed by atoms with E-state index in [0.717, 1.165) is 22.2 Å². The zero-order valence-corrected chi connectivity index (χ0v) is 16.4. The van der Waals surface area contributed by atoms with Crippen LogP contribution < -0.4 is 5.32 Å². The fourth-order valence-electron chi connectivity index (χ4n) is 3.60. The molecule has 0 aliphatic carbocycles. The first kappa shape index (κ1) is 19.4. The standard InChI is InChI=1S/C24H21N3O3/c1-16-7-5-6-10-19(16)24(30)26-18-11-12-20-22(13-18)27(15-25-20)21(14-23(28)29)17-8-3-2-4-9-17/h2-13,15,21H,14H2,1H3,(H,26,30)(H,28,29). The molecule has 3 aromatic carbocycles. The second kappa shape index (κ2) is 8.21. The summed E-state index contributed by atoms with van der Waals surface area (Å²) in [5.41, 5.74) is 4.50. The van der Waals surface area contributed by atoms with E-state index in [1.165, 1.54) is 0 Å². The van der Waals surface area contributed by atoms with Crippen LogP contribution in [-0.2, 0) is 4.79 Å². The number of nitrogens with one attached hydrogen (secondary N) is 1. The predicted octanol–water partition coefficient (Wildman–Crippen LogP) is 4.66. The fourth-order valence-corrected chi connectivity index (χ4v) is 3.60. The predicted molar refractivity (Wildman–Crippen MR) is 116 cm³/mol. The summed E-state index contributed by atoms with van der Waals surface area (Å²) in [5.74, 6) is -1.08. The number of aliphatic carboxylic acids is 1. The minimum Gasteiger partial charge on any atom is -0.481 e. The number of hydrogen-bond donors (Lipinski definition) is 2. The van der Waals surface area contributed by atoms with E-state index in [1.807, 2.05) is 72.2 Å². The lowest BCUT2D eigenvalue weighted by Crippen LogP contribution is -2.15. The highest BCUT2D eigenvalue weighted by molar-refractivity contribution is 6.05. The molecule has 1 amide bonds. The number of fused-ring (bicyclic) bond motifs is 1. The molecule has 150 valence electrons. The summed E-state index contributed by atoms with van der Waals surface area (Å²) >= 11 is 0. The van der Waals surface area contributed by atoms with E-state index in [1.54, 1.807) is 18.5 Å². The third-order valence-electron chi connectivity index (χ3n) is 5.11. The first-order chi connectivity index (χ1) is 14.5. The van der Waals surface area contributed by atoms with Crippen LogP contribution >= 0.6 is 0 Å². The number of hydrogen-bond acceptors (Lipinski definition) is 3. The van der Waals surface area contributed by atoms with Crippen molar-refractivity contribution < 1.29 is 14.7 Å². The monoisotopic (exact) mass is 399 g/mol. The van der Waals surface area contributed by atoms with Crippen LogP contribution in [0.1, 0.15) is 33.9 Å². The molecule has 2 N–H and O–H groups in total. The molecule has 0 saturated carbocycles. The van der Waals surface area contributed by atoms with E-state index in [0.29, 0.717) is 11.3 Å². The van der Waals surface area contributed by atoms with E-state index in [4.69, 9.17) is 0 Å². The molecule has 0 bridgehead atoms. The number of carbonyl (C=O) groups excluding carboxylic acids is 1.